The van der Waals surface area contributed by atoms with E-state index in [1.54, 1.807) is 6.07 Å². The van der Waals surface area contributed by atoms with Gasteiger partial charge in [0.15, 0.2) is 11.5 Å². The molecule has 1 aliphatic carbocycles. The van der Waals surface area contributed by atoms with Crippen LogP contribution < -0.4 is 10.5 Å². The summed E-state index contributed by atoms with van der Waals surface area (Å²) in [6.07, 6.45) is 2.30. The molecule has 1 saturated carbocycles. The number of benzene rings is 1. The smallest absolute Gasteiger partial charge is 0.162 e. The summed E-state index contributed by atoms with van der Waals surface area (Å²) in [6, 6.07) is 3.51. The van der Waals surface area contributed by atoms with Crippen molar-refractivity contribution in [1.82, 2.24) is 0 Å². The van der Waals surface area contributed by atoms with E-state index in [1.807, 2.05) is 6.07 Å². The highest BCUT2D eigenvalue weighted by molar-refractivity contribution is 9.10. The second-order valence-corrected chi connectivity index (χ2v) is 4.82. The van der Waals surface area contributed by atoms with Gasteiger partial charge in [-0.1, -0.05) is 15.9 Å². The molecule has 1 aliphatic rings. The third-order valence-electron chi connectivity index (χ3n) is 2.78. The van der Waals surface area contributed by atoms with Crippen molar-refractivity contribution in [3.63, 3.8) is 0 Å². The monoisotopic (exact) mass is 271 g/mol. The van der Waals surface area contributed by atoms with Crippen molar-refractivity contribution >= 4 is 15.9 Å². The summed E-state index contributed by atoms with van der Waals surface area (Å²) >= 11 is 3.38. The van der Waals surface area contributed by atoms with E-state index in [1.165, 1.54) is 7.11 Å². The molecule has 0 radical (unpaired) electrons. The number of hydrogen-bond donors (Lipinski definition) is 2. The van der Waals surface area contributed by atoms with Crippen LogP contribution in [-0.4, -0.2) is 12.2 Å². The van der Waals surface area contributed by atoms with E-state index in [0.29, 0.717) is 11.7 Å². The van der Waals surface area contributed by atoms with Crippen LogP contribution in [0.2, 0.25) is 0 Å². The zero-order chi connectivity index (χ0) is 11.0. The van der Waals surface area contributed by atoms with Crippen molar-refractivity contribution in [3.05, 3.63) is 22.2 Å². The van der Waals surface area contributed by atoms with Gasteiger partial charge in [-0.2, -0.15) is 0 Å². The topological polar surface area (TPSA) is 55.5 Å². The van der Waals surface area contributed by atoms with Crippen molar-refractivity contribution in [2.75, 3.05) is 7.11 Å². The number of nitrogens with two attached hydrogens (primary N) is 1. The third-order valence-corrected chi connectivity index (χ3v) is 3.24. The average Bonchev–Trinajstić information content (AvgIpc) is 3.03. The van der Waals surface area contributed by atoms with Crippen LogP contribution in [-0.2, 0) is 0 Å². The number of halogens is 1. The first kappa shape index (κ1) is 10.8. The molecule has 1 aromatic rings. The number of rotatable bonds is 3. The summed E-state index contributed by atoms with van der Waals surface area (Å²) in [5.74, 6) is 1.14. The Hall–Kier alpha value is -0.740. The van der Waals surface area contributed by atoms with E-state index in [0.717, 1.165) is 22.9 Å². The van der Waals surface area contributed by atoms with Gasteiger partial charge < -0.3 is 15.6 Å². The first-order valence-electron chi connectivity index (χ1n) is 4.95. The minimum absolute atomic E-state index is 0.0867. The predicted molar refractivity (Wildman–Crippen MR) is 62.0 cm³/mol. The standard InChI is InChI=1S/C11H14BrNO2/c1-15-9-5-7(12)4-8(11(9)14)10(13)6-2-3-6/h4-6,10,14H,2-3,13H2,1H3/t10-/m0/s1. The fourth-order valence-corrected chi connectivity index (χ4v) is 2.17. The molecule has 3 nitrogen and oxygen atoms in total. The van der Waals surface area contributed by atoms with Crippen molar-refractivity contribution in [2.24, 2.45) is 11.7 Å². The maximum absolute atomic E-state index is 9.93. The zero-order valence-electron chi connectivity index (χ0n) is 8.53. The Morgan fingerprint density at radius 1 is 1.53 bits per heavy atom. The van der Waals surface area contributed by atoms with Crippen LogP contribution in [0.15, 0.2) is 16.6 Å². The SMILES string of the molecule is COc1cc(Br)cc([C@@H](N)C2CC2)c1O. The molecule has 0 aromatic heterocycles. The van der Waals surface area contributed by atoms with Gasteiger partial charge in [-0.05, 0) is 30.9 Å². The van der Waals surface area contributed by atoms with E-state index in [2.05, 4.69) is 15.9 Å². The Morgan fingerprint density at radius 3 is 2.73 bits per heavy atom. The lowest BCUT2D eigenvalue weighted by molar-refractivity contribution is 0.367. The summed E-state index contributed by atoms with van der Waals surface area (Å²) in [4.78, 5) is 0. The third kappa shape index (κ3) is 2.11. The molecule has 1 fully saturated rings. The first-order chi connectivity index (χ1) is 7.13. The largest absolute Gasteiger partial charge is 0.504 e. The molecule has 0 saturated heterocycles. The Balaban J connectivity index is 2.40. The Morgan fingerprint density at radius 2 is 2.20 bits per heavy atom. The van der Waals surface area contributed by atoms with Gasteiger partial charge in [-0.15, -0.1) is 0 Å². The van der Waals surface area contributed by atoms with Crippen molar-refractivity contribution in [2.45, 2.75) is 18.9 Å². The molecule has 0 spiro atoms. The Labute approximate surface area is 97.4 Å². The molecule has 0 unspecified atom stereocenters. The molecule has 1 aromatic carbocycles. The van der Waals surface area contributed by atoms with E-state index >= 15 is 0 Å². The Kier molecular flexibility index (Phi) is 2.89. The fourth-order valence-electron chi connectivity index (χ4n) is 1.71. The molecule has 3 N–H and O–H groups in total. The number of hydrogen-bond acceptors (Lipinski definition) is 3. The zero-order valence-corrected chi connectivity index (χ0v) is 10.1. The minimum Gasteiger partial charge on any atom is -0.504 e. The number of phenolic OH excluding ortho intramolecular Hbond substituents is 1. The first-order valence-corrected chi connectivity index (χ1v) is 5.74. The van der Waals surface area contributed by atoms with Crippen LogP contribution in [0.3, 0.4) is 0 Å². The van der Waals surface area contributed by atoms with Crippen LogP contribution in [0.4, 0.5) is 0 Å². The molecule has 82 valence electrons. The van der Waals surface area contributed by atoms with Gasteiger partial charge in [-0.3, -0.25) is 0 Å². The highest BCUT2D eigenvalue weighted by atomic mass is 79.9. The number of phenols is 1. The van der Waals surface area contributed by atoms with Gasteiger partial charge in [0.2, 0.25) is 0 Å². The van der Waals surface area contributed by atoms with Gasteiger partial charge in [0.1, 0.15) is 0 Å². The maximum Gasteiger partial charge on any atom is 0.162 e. The lowest BCUT2D eigenvalue weighted by Gasteiger charge is -2.15. The minimum atomic E-state index is -0.0867. The van der Waals surface area contributed by atoms with Gasteiger partial charge in [-0.25, -0.2) is 0 Å². The van der Waals surface area contributed by atoms with Crippen LogP contribution in [0, 0.1) is 5.92 Å². The van der Waals surface area contributed by atoms with Crippen LogP contribution in [0.5, 0.6) is 11.5 Å². The summed E-state index contributed by atoms with van der Waals surface area (Å²) in [7, 11) is 1.54. The van der Waals surface area contributed by atoms with E-state index in [9.17, 15) is 5.11 Å². The predicted octanol–water partition coefficient (Wildman–Crippen LogP) is 2.57. The van der Waals surface area contributed by atoms with Crippen molar-refractivity contribution < 1.29 is 9.84 Å². The molecular weight excluding hydrogens is 258 g/mol. The fraction of sp³-hybridized carbons (Fsp3) is 0.455. The summed E-state index contributed by atoms with van der Waals surface area (Å²) in [5, 5.41) is 9.93. The van der Waals surface area contributed by atoms with Crippen LogP contribution in [0.1, 0.15) is 24.4 Å². The van der Waals surface area contributed by atoms with E-state index in [-0.39, 0.29) is 11.8 Å². The average molecular weight is 272 g/mol. The molecule has 0 amide bonds. The summed E-state index contributed by atoms with van der Waals surface area (Å²) in [5.41, 5.74) is 6.82. The highest BCUT2D eigenvalue weighted by Crippen LogP contribution is 2.45. The van der Waals surface area contributed by atoms with Gasteiger partial charge in [0, 0.05) is 16.1 Å². The summed E-state index contributed by atoms with van der Waals surface area (Å²) < 4.78 is 5.96. The summed E-state index contributed by atoms with van der Waals surface area (Å²) in [6.45, 7) is 0. The number of ether oxygens (including phenoxy) is 1. The lowest BCUT2D eigenvalue weighted by Crippen LogP contribution is -2.12. The quantitative estimate of drug-likeness (QED) is 0.889. The molecule has 4 heteroatoms. The van der Waals surface area contributed by atoms with Gasteiger partial charge in [0.05, 0.1) is 7.11 Å². The van der Waals surface area contributed by atoms with E-state index < -0.39 is 0 Å². The number of aromatic hydroxyl groups is 1. The van der Waals surface area contributed by atoms with Gasteiger partial charge >= 0.3 is 0 Å². The second kappa shape index (κ2) is 4.02. The number of methoxy groups -OCH3 is 1. The highest BCUT2D eigenvalue weighted by Gasteiger charge is 2.31. The Bertz CT molecular complexity index is 377. The molecule has 15 heavy (non-hydrogen) atoms. The van der Waals surface area contributed by atoms with Crippen molar-refractivity contribution in [1.29, 1.82) is 0 Å². The molecule has 0 heterocycles. The second-order valence-electron chi connectivity index (χ2n) is 3.91. The van der Waals surface area contributed by atoms with Gasteiger partial charge in [0.25, 0.3) is 0 Å². The molecule has 0 bridgehead atoms. The maximum atomic E-state index is 9.93. The normalized spacial score (nSPS) is 17.5. The van der Waals surface area contributed by atoms with Crippen LogP contribution in [0.25, 0.3) is 0 Å². The molecule has 0 aliphatic heterocycles. The molecular formula is C11H14BrNO2. The lowest BCUT2D eigenvalue weighted by atomic mass is 10.0. The van der Waals surface area contributed by atoms with E-state index in [4.69, 9.17) is 10.5 Å². The van der Waals surface area contributed by atoms with Crippen LogP contribution >= 0.6 is 15.9 Å². The molecule has 2 rings (SSSR count). The van der Waals surface area contributed by atoms with Crippen molar-refractivity contribution in [3.8, 4) is 11.5 Å². The molecule has 1 atom stereocenters.